The smallest absolute Gasteiger partial charge is 0.404 e. The number of hydrogen-bond donors (Lipinski definition) is 22. The first-order chi connectivity index (χ1) is 47.3. The highest BCUT2D eigenvalue weighted by Gasteiger charge is 2.54. The topological polar surface area (TPSA) is 702 Å². The third kappa shape index (κ3) is 24.6. The number of aliphatic hydroxyl groups is 8. The van der Waals surface area contributed by atoms with Crippen LogP contribution < -0.4 is 60.6 Å². The molecule has 2 aliphatic heterocycles. The molecule has 0 bridgehead atoms. The summed E-state index contributed by atoms with van der Waals surface area (Å²) in [6, 6.07) is -7.85. The molecule has 4 aromatic rings. The van der Waals surface area contributed by atoms with Gasteiger partial charge in [-0.3, -0.25) is 42.7 Å². The van der Waals surface area contributed by atoms with Gasteiger partial charge in [-0.15, -0.1) is 22.7 Å². The first-order valence-corrected chi connectivity index (χ1v) is 35.8. The number of imidazole rings is 1. The van der Waals surface area contributed by atoms with Gasteiger partial charge < -0.3 is 130 Å². The highest BCUT2D eigenvalue weighted by Crippen LogP contribution is 2.35. The highest BCUT2D eigenvalue weighted by molar-refractivity contribution is 7.95. The Hall–Kier alpha value is -7.43. The second kappa shape index (κ2) is 38.7. The van der Waals surface area contributed by atoms with Gasteiger partial charge in [-0.1, -0.05) is 6.92 Å². The Morgan fingerprint density at radius 2 is 1.46 bits per heavy atom. The van der Waals surface area contributed by atoms with Crippen molar-refractivity contribution in [2.45, 2.75) is 157 Å². The zero-order valence-electron chi connectivity index (χ0n) is 55.0. The summed E-state index contributed by atoms with van der Waals surface area (Å²) in [6.07, 6.45) is -18.5. The molecule has 0 radical (unpaired) electrons. The largest absolute Gasteiger partial charge is 0.441 e. The number of nitrogen functional groups attached to an aromatic ring is 1. The van der Waals surface area contributed by atoms with Gasteiger partial charge in [0.25, 0.3) is 11.8 Å². The number of nitrogens with one attached hydrogen (secondary N) is 7. The van der Waals surface area contributed by atoms with Crippen molar-refractivity contribution < 1.29 is 120 Å². The van der Waals surface area contributed by atoms with Gasteiger partial charge in [0.2, 0.25) is 29.5 Å². The highest BCUT2D eigenvalue weighted by atomic mass is 32.3. The van der Waals surface area contributed by atoms with E-state index in [4.69, 9.17) is 69.9 Å². The van der Waals surface area contributed by atoms with Crippen molar-refractivity contribution in [3.05, 3.63) is 56.8 Å². The van der Waals surface area contributed by atoms with E-state index in [-0.39, 0.29) is 59.2 Å². The van der Waals surface area contributed by atoms with Crippen molar-refractivity contribution in [3.63, 3.8) is 0 Å². The van der Waals surface area contributed by atoms with E-state index in [1.54, 1.807) is 5.38 Å². The lowest BCUT2D eigenvalue weighted by atomic mass is 9.96. The van der Waals surface area contributed by atoms with Crippen LogP contribution in [-0.2, 0) is 75.4 Å². The molecule has 0 saturated carbocycles. The van der Waals surface area contributed by atoms with Gasteiger partial charge in [-0.25, -0.2) is 29.7 Å². The summed E-state index contributed by atoms with van der Waals surface area (Å²) in [5.74, 6) is -7.63. The van der Waals surface area contributed by atoms with Crippen LogP contribution in [0.4, 0.5) is 10.6 Å². The lowest BCUT2D eigenvalue weighted by molar-refractivity contribution is -0.372. The van der Waals surface area contributed by atoms with E-state index in [0.717, 1.165) is 24.7 Å². The number of nitrogens with zero attached hydrogens (tertiary/aromatic N) is 5. The molecule has 42 nitrogen and oxygen atoms in total. The standard InChI is InChI=1S/C55H83N17O21S3.H2O4S/c1-20-33(69-46(72-44(20)58)25(12-31(57)76)64-13-24(56)45(59)82)50(86)71-35(41(26-14-61-19-66-26)91-54-43(39(80)37(78)28(16-73)90-54)92-53-40(81)42(93-55(60)88)38(79)29(17-74)89-53)51(87)67-22(3)36(77)21(2)47(83)70-34(23(4)75)49(85)63-10-8-32-68-27(18-94-32)52-65-15-30(95-52)48(84)62-9-7-11-96(5)6;1-5(2,3)4/h14-15,18-19,21-25,28-29,34-43,53-54,64,73-75,77-81H,7-13,16-17,56H2,1-6H3,(H13-,57,58,59,60,61,62,63,66,67,69,70,71,72,76,82,83,84,85,86,87,88);(H2,1,2,3,4)/p+1/t21-,22+,23+,24-,25-,28-,29+,34-,35-,36-,37+,38+,39-,40-,41-,42-,43-,53+,54-;/m0./s1. The lowest BCUT2D eigenvalue weighted by Gasteiger charge is -2.47. The molecule has 46 heteroatoms. The minimum absolute atomic E-state index is 0.00498. The fourth-order valence-corrected chi connectivity index (χ4v) is 12.2. The first-order valence-electron chi connectivity index (χ1n) is 30.5. The number of rotatable bonds is 35. The molecule has 0 unspecified atom stereocenters. The SMILES string of the molecule is Cc1c(N)nc([C@H](CC(N)=O)NC[C@H](N)C(N)=O)nc1C(=O)N[C@H](C(=O)N[C@H](C)[C@@H](O)[C@H](C)C(=O)N[C@H](C(=O)NCCc1nc(-c2ncc(C(=O)NCCC[S+](C)C)s2)cs1)[C@@H](C)O)[C@@H](O[C@@H]1O[C@@H](CO)[C@@H](O)[C@H](O)[C@@H]1O[C@H]1O[C@H](CO)[C@@H](O)[C@H](OC(N)=O)[C@@H]1O)c1cnc[nH]1.O=S(=O)(O)O. The van der Waals surface area contributed by atoms with E-state index in [2.05, 4.69) is 74.3 Å². The maximum absolute atomic E-state index is 15.2. The summed E-state index contributed by atoms with van der Waals surface area (Å²) < 4.78 is 60.3. The molecule has 8 amide bonds. The second-order valence-electron chi connectivity index (χ2n) is 23.3. The molecule has 4 aromatic heterocycles. The Balaban J connectivity index is 0.00000354. The van der Waals surface area contributed by atoms with E-state index >= 15 is 4.79 Å². The van der Waals surface area contributed by atoms with Crippen LogP contribution in [-0.4, -0.2) is 285 Å². The Kier molecular flexibility index (Phi) is 32.3. The molecule has 0 aliphatic carbocycles. The van der Waals surface area contributed by atoms with Gasteiger partial charge in [0, 0.05) is 49.8 Å². The Morgan fingerprint density at radius 3 is 2.05 bits per heavy atom. The number of anilines is 1. The third-order valence-electron chi connectivity index (χ3n) is 15.3. The summed E-state index contributed by atoms with van der Waals surface area (Å²) in [5, 5.41) is 107. The van der Waals surface area contributed by atoms with Crippen LogP contribution in [0, 0.1) is 12.8 Å². The van der Waals surface area contributed by atoms with E-state index in [9.17, 15) is 74.4 Å². The van der Waals surface area contributed by atoms with Crippen molar-refractivity contribution in [3.8, 4) is 10.7 Å². The van der Waals surface area contributed by atoms with Gasteiger partial charge in [0.15, 0.2) is 18.7 Å². The molecule has 6 rings (SSSR count). The molecule has 2 fully saturated rings. The summed E-state index contributed by atoms with van der Waals surface area (Å²) in [4.78, 5) is 131. The molecule has 0 spiro atoms. The number of nitrogens with two attached hydrogens (primary N) is 5. The minimum Gasteiger partial charge on any atom is -0.441 e. The maximum atomic E-state index is 15.2. The Bertz CT molecular complexity index is 3540. The van der Waals surface area contributed by atoms with Gasteiger partial charge >= 0.3 is 16.5 Å². The van der Waals surface area contributed by atoms with Gasteiger partial charge in [0.1, 0.15) is 99.6 Å². The molecule has 0 aromatic carbocycles. The van der Waals surface area contributed by atoms with E-state index in [1.165, 1.54) is 56.6 Å². The molecule has 101 heavy (non-hydrogen) atoms. The number of carbonyl (C=O) groups excluding carboxylic acids is 8. The number of H-pyrrole nitrogens is 1. The fraction of sp³-hybridized carbons (Fsp3) is 0.618. The van der Waals surface area contributed by atoms with Crippen LogP contribution in [0.2, 0.25) is 0 Å². The predicted octanol–water partition coefficient (Wildman–Crippen LogP) is -8.36. The normalized spacial score (nSPS) is 23.4. The quantitative estimate of drug-likeness (QED) is 0.0116. The number of ether oxygens (including phenoxy) is 5. The van der Waals surface area contributed by atoms with Crippen molar-refractivity contribution >= 4 is 97.2 Å². The zero-order chi connectivity index (χ0) is 75.5. The molecular weight excluding hydrogens is 1430 g/mol. The van der Waals surface area contributed by atoms with E-state index in [1.807, 2.05) is 0 Å². The second-order valence-corrected chi connectivity index (χ2v) is 28.5. The van der Waals surface area contributed by atoms with Gasteiger partial charge in [-0.2, -0.15) is 8.42 Å². The van der Waals surface area contributed by atoms with Crippen LogP contribution in [0.15, 0.2) is 24.1 Å². The molecular formula is C55H86N17O25S4+. The number of primary amides is 3. The monoisotopic (exact) mass is 1510 g/mol. The number of aliphatic hydroxyl groups excluding tert-OH is 8. The number of aromatic nitrogens is 6. The molecule has 2 aliphatic rings. The molecule has 2 saturated heterocycles. The molecule has 27 N–H and O–H groups in total. The van der Waals surface area contributed by atoms with Gasteiger partial charge in [-0.05, 0) is 31.7 Å². The fourth-order valence-electron chi connectivity index (χ4n) is 9.80. The number of amides is 8. The van der Waals surface area contributed by atoms with Crippen LogP contribution in [0.1, 0.15) is 88.0 Å². The average Bonchev–Trinajstić information content (AvgIpc) is 1.15. The minimum atomic E-state index is -4.67. The van der Waals surface area contributed by atoms with Gasteiger partial charge in [0.05, 0.1) is 91.4 Å². The number of thiazole rings is 2. The Morgan fingerprint density at radius 1 is 0.802 bits per heavy atom. The van der Waals surface area contributed by atoms with Crippen LogP contribution >= 0.6 is 22.7 Å². The third-order valence-corrected chi connectivity index (χ3v) is 18.3. The van der Waals surface area contributed by atoms with Crippen LogP contribution in [0.3, 0.4) is 0 Å². The first kappa shape index (κ1) is 84.2. The summed E-state index contributed by atoms with van der Waals surface area (Å²) >= 11 is 2.46. The summed E-state index contributed by atoms with van der Waals surface area (Å²) in [5.41, 5.74) is 27.8. The molecule has 19 atom stereocenters. The van der Waals surface area contributed by atoms with E-state index in [0.29, 0.717) is 27.1 Å². The number of aromatic amines is 1. The molecule has 6 heterocycles. The van der Waals surface area contributed by atoms with Crippen LogP contribution in [0.25, 0.3) is 10.7 Å². The molecule has 564 valence electrons. The number of carbonyl (C=O) groups is 8. The van der Waals surface area contributed by atoms with Crippen LogP contribution in [0.5, 0.6) is 0 Å². The van der Waals surface area contributed by atoms with Crippen molar-refractivity contribution in [1.82, 2.24) is 61.8 Å². The van der Waals surface area contributed by atoms with Crippen molar-refractivity contribution in [2.75, 3.05) is 56.8 Å². The van der Waals surface area contributed by atoms with Crippen molar-refractivity contribution in [1.29, 1.82) is 0 Å². The number of hydrogen-bond acceptors (Lipinski definition) is 33. The van der Waals surface area contributed by atoms with E-state index < -0.39 is 193 Å². The zero-order valence-corrected chi connectivity index (χ0v) is 58.3. The predicted molar refractivity (Wildman–Crippen MR) is 353 cm³/mol. The lowest BCUT2D eigenvalue weighted by Crippen LogP contribution is -2.65. The van der Waals surface area contributed by atoms with Crippen molar-refractivity contribution in [2.24, 2.45) is 28.9 Å². The maximum Gasteiger partial charge on any atom is 0.404 e. The average molecular weight is 1510 g/mol. The summed E-state index contributed by atoms with van der Waals surface area (Å²) in [6.45, 7) is 3.19. The Labute approximate surface area is 586 Å². The summed E-state index contributed by atoms with van der Waals surface area (Å²) in [7, 11) is -4.41.